The van der Waals surface area contributed by atoms with E-state index in [0.717, 1.165) is 23.3 Å². The summed E-state index contributed by atoms with van der Waals surface area (Å²) in [5.74, 6) is 3.60. The lowest BCUT2D eigenvalue weighted by Gasteiger charge is -2.01. The van der Waals surface area contributed by atoms with Crippen molar-refractivity contribution in [2.75, 3.05) is 11.5 Å². The van der Waals surface area contributed by atoms with Gasteiger partial charge < -0.3 is 4.98 Å². The van der Waals surface area contributed by atoms with Gasteiger partial charge in [0.15, 0.2) is 0 Å². The van der Waals surface area contributed by atoms with Crippen LogP contribution >= 0.6 is 11.8 Å². The lowest BCUT2D eigenvalue weighted by Crippen LogP contribution is -1.92. The third-order valence-corrected chi connectivity index (χ3v) is 4.63. The first-order valence-corrected chi connectivity index (χ1v) is 9.07. The number of thioether (sulfide) groups is 1. The molecule has 1 heterocycles. The highest BCUT2D eigenvalue weighted by molar-refractivity contribution is 7.99. The SMILES string of the molecule is CCCCCCCCSCCc1nc2ccccc2[nH]1. The van der Waals surface area contributed by atoms with Crippen molar-refractivity contribution >= 4 is 22.8 Å². The maximum absolute atomic E-state index is 4.61. The average Bonchev–Trinajstić information content (AvgIpc) is 2.88. The zero-order valence-electron chi connectivity index (χ0n) is 12.5. The number of hydrogen-bond donors (Lipinski definition) is 1. The van der Waals surface area contributed by atoms with E-state index in [4.69, 9.17) is 0 Å². The van der Waals surface area contributed by atoms with Crippen LogP contribution in [-0.4, -0.2) is 21.5 Å². The Morgan fingerprint density at radius 2 is 1.80 bits per heavy atom. The van der Waals surface area contributed by atoms with Gasteiger partial charge in [-0.25, -0.2) is 4.98 Å². The highest BCUT2D eigenvalue weighted by Gasteiger charge is 2.01. The molecule has 2 nitrogen and oxygen atoms in total. The number of fused-ring (bicyclic) bond motifs is 1. The second-order valence-electron chi connectivity index (χ2n) is 5.33. The number of H-pyrrole nitrogens is 1. The van der Waals surface area contributed by atoms with Crippen molar-refractivity contribution in [1.29, 1.82) is 0 Å². The lowest BCUT2D eigenvalue weighted by molar-refractivity contribution is 0.627. The summed E-state index contributed by atoms with van der Waals surface area (Å²) in [6.07, 6.45) is 9.39. The largest absolute Gasteiger partial charge is 0.342 e. The zero-order chi connectivity index (χ0) is 14.0. The van der Waals surface area contributed by atoms with E-state index < -0.39 is 0 Å². The number of imidazole rings is 1. The van der Waals surface area contributed by atoms with Crippen LogP contribution in [0.4, 0.5) is 0 Å². The fraction of sp³-hybridized carbons (Fsp3) is 0.588. The van der Waals surface area contributed by atoms with Crippen LogP contribution in [0.5, 0.6) is 0 Å². The first kappa shape index (κ1) is 15.4. The maximum Gasteiger partial charge on any atom is 0.108 e. The lowest BCUT2D eigenvalue weighted by atomic mass is 10.1. The monoisotopic (exact) mass is 290 g/mol. The van der Waals surface area contributed by atoms with Crippen molar-refractivity contribution in [1.82, 2.24) is 9.97 Å². The van der Waals surface area contributed by atoms with Crippen LogP contribution in [0.1, 0.15) is 51.3 Å². The molecule has 0 aliphatic rings. The molecular weight excluding hydrogens is 264 g/mol. The second-order valence-corrected chi connectivity index (χ2v) is 6.56. The van der Waals surface area contributed by atoms with Gasteiger partial charge in [-0.2, -0.15) is 11.8 Å². The molecule has 1 N–H and O–H groups in total. The molecule has 0 bridgehead atoms. The highest BCUT2D eigenvalue weighted by atomic mass is 32.2. The molecule has 110 valence electrons. The van der Waals surface area contributed by atoms with Crippen LogP contribution in [0.25, 0.3) is 11.0 Å². The van der Waals surface area contributed by atoms with Crippen molar-refractivity contribution in [3.05, 3.63) is 30.1 Å². The van der Waals surface area contributed by atoms with E-state index in [1.54, 1.807) is 0 Å². The fourth-order valence-electron chi connectivity index (χ4n) is 2.38. The van der Waals surface area contributed by atoms with E-state index in [0.29, 0.717) is 0 Å². The van der Waals surface area contributed by atoms with Gasteiger partial charge in [0.2, 0.25) is 0 Å². The molecule has 0 aliphatic heterocycles. The summed E-state index contributed by atoms with van der Waals surface area (Å²) in [6, 6.07) is 8.26. The van der Waals surface area contributed by atoms with Gasteiger partial charge in [0, 0.05) is 12.2 Å². The molecule has 2 aromatic rings. The van der Waals surface area contributed by atoms with Crippen molar-refractivity contribution in [2.24, 2.45) is 0 Å². The van der Waals surface area contributed by atoms with Crippen molar-refractivity contribution in [3.63, 3.8) is 0 Å². The van der Waals surface area contributed by atoms with E-state index in [2.05, 4.69) is 46.9 Å². The number of nitrogens with zero attached hydrogens (tertiary/aromatic N) is 1. The average molecular weight is 290 g/mol. The fourth-order valence-corrected chi connectivity index (χ4v) is 3.33. The third-order valence-electron chi connectivity index (χ3n) is 3.56. The van der Waals surface area contributed by atoms with Gasteiger partial charge in [-0.05, 0) is 24.3 Å². The Morgan fingerprint density at radius 1 is 1.00 bits per heavy atom. The van der Waals surface area contributed by atoms with Gasteiger partial charge in [0.1, 0.15) is 5.82 Å². The quantitative estimate of drug-likeness (QED) is 0.609. The molecule has 2 rings (SSSR count). The number of para-hydroxylation sites is 2. The third kappa shape index (κ3) is 5.20. The standard InChI is InChI=1S/C17H26N2S/c1-2-3-4-5-6-9-13-20-14-12-17-18-15-10-7-8-11-16(15)19-17/h7-8,10-11H,2-6,9,12-14H2,1H3,(H,18,19). The molecule has 1 aromatic heterocycles. The van der Waals surface area contributed by atoms with Crippen molar-refractivity contribution in [3.8, 4) is 0 Å². The van der Waals surface area contributed by atoms with E-state index in [-0.39, 0.29) is 0 Å². The van der Waals surface area contributed by atoms with Crippen LogP contribution in [-0.2, 0) is 6.42 Å². The molecule has 0 atom stereocenters. The first-order chi connectivity index (χ1) is 9.90. The minimum absolute atomic E-state index is 1.05. The van der Waals surface area contributed by atoms with Gasteiger partial charge in [-0.1, -0.05) is 51.2 Å². The summed E-state index contributed by atoms with van der Waals surface area (Å²) in [7, 11) is 0. The topological polar surface area (TPSA) is 28.7 Å². The van der Waals surface area contributed by atoms with Gasteiger partial charge in [0.05, 0.1) is 11.0 Å². The summed E-state index contributed by atoms with van der Waals surface area (Å²) in [5, 5.41) is 0. The van der Waals surface area contributed by atoms with Crippen LogP contribution in [0.15, 0.2) is 24.3 Å². The maximum atomic E-state index is 4.61. The van der Waals surface area contributed by atoms with Crippen LogP contribution in [0.2, 0.25) is 0 Å². The van der Waals surface area contributed by atoms with Crippen molar-refractivity contribution in [2.45, 2.75) is 51.9 Å². The molecule has 0 saturated carbocycles. The van der Waals surface area contributed by atoms with E-state index in [1.807, 2.05) is 6.07 Å². The van der Waals surface area contributed by atoms with E-state index in [1.165, 1.54) is 50.0 Å². The summed E-state index contributed by atoms with van der Waals surface area (Å²) in [4.78, 5) is 8.01. The number of aromatic amines is 1. The molecule has 0 saturated heterocycles. The predicted molar refractivity (Wildman–Crippen MR) is 90.5 cm³/mol. The predicted octanol–water partition coefficient (Wildman–Crippen LogP) is 5.20. The molecule has 0 unspecified atom stereocenters. The van der Waals surface area contributed by atoms with Crippen LogP contribution < -0.4 is 0 Å². The molecule has 0 fully saturated rings. The van der Waals surface area contributed by atoms with E-state index in [9.17, 15) is 0 Å². The molecule has 0 aliphatic carbocycles. The summed E-state index contributed by atoms with van der Waals surface area (Å²) in [5.41, 5.74) is 2.24. The minimum Gasteiger partial charge on any atom is -0.342 e. The Hall–Kier alpha value is -0.960. The molecule has 0 amide bonds. The van der Waals surface area contributed by atoms with E-state index >= 15 is 0 Å². The number of aromatic nitrogens is 2. The Kier molecular flexibility index (Phi) is 6.99. The number of nitrogens with one attached hydrogen (secondary N) is 1. The minimum atomic E-state index is 1.05. The molecule has 1 aromatic carbocycles. The zero-order valence-corrected chi connectivity index (χ0v) is 13.3. The van der Waals surface area contributed by atoms with Gasteiger partial charge in [0.25, 0.3) is 0 Å². The summed E-state index contributed by atoms with van der Waals surface area (Å²) >= 11 is 2.06. The smallest absolute Gasteiger partial charge is 0.108 e. The number of unbranched alkanes of at least 4 members (excludes halogenated alkanes) is 5. The molecule has 20 heavy (non-hydrogen) atoms. The normalized spacial score (nSPS) is 11.2. The number of hydrogen-bond acceptors (Lipinski definition) is 2. The molecule has 3 heteroatoms. The Morgan fingerprint density at radius 3 is 2.65 bits per heavy atom. The van der Waals surface area contributed by atoms with Gasteiger partial charge in [-0.3, -0.25) is 0 Å². The number of aryl methyl sites for hydroxylation is 1. The van der Waals surface area contributed by atoms with Crippen LogP contribution in [0, 0.1) is 0 Å². The summed E-state index contributed by atoms with van der Waals surface area (Å²) in [6.45, 7) is 2.27. The van der Waals surface area contributed by atoms with Gasteiger partial charge in [-0.15, -0.1) is 0 Å². The first-order valence-electron chi connectivity index (χ1n) is 7.91. The van der Waals surface area contributed by atoms with Gasteiger partial charge >= 0.3 is 0 Å². The van der Waals surface area contributed by atoms with Crippen molar-refractivity contribution < 1.29 is 0 Å². The Bertz CT molecular complexity index is 459. The number of benzene rings is 1. The molecule has 0 radical (unpaired) electrons. The Labute approximate surface area is 126 Å². The Balaban J connectivity index is 1.55. The van der Waals surface area contributed by atoms with Crippen LogP contribution in [0.3, 0.4) is 0 Å². The number of rotatable bonds is 10. The molecular formula is C17H26N2S. The highest BCUT2D eigenvalue weighted by Crippen LogP contribution is 2.14. The molecule has 0 spiro atoms. The second kappa shape index (κ2) is 9.06. The summed E-state index contributed by atoms with van der Waals surface area (Å²) < 4.78 is 0.